The SMILES string of the molecule is CC(=O)c1c(F)ccc(I)c1F. The minimum atomic E-state index is -0.805. The summed E-state index contributed by atoms with van der Waals surface area (Å²) in [6.07, 6.45) is 0. The number of carbonyl (C=O) groups excluding carboxylic acids is 1. The summed E-state index contributed by atoms with van der Waals surface area (Å²) in [7, 11) is 0. The normalized spacial score (nSPS) is 10.0. The Morgan fingerprint density at radius 2 is 2.00 bits per heavy atom. The van der Waals surface area contributed by atoms with E-state index in [-0.39, 0.29) is 3.57 Å². The second kappa shape index (κ2) is 3.47. The third-order valence-corrected chi connectivity index (χ3v) is 2.23. The van der Waals surface area contributed by atoms with Gasteiger partial charge in [0.25, 0.3) is 0 Å². The summed E-state index contributed by atoms with van der Waals surface area (Å²) >= 11 is 1.71. The summed E-state index contributed by atoms with van der Waals surface area (Å²) in [6.45, 7) is 1.14. The first-order chi connectivity index (χ1) is 5.54. The summed E-state index contributed by atoms with van der Waals surface area (Å²) in [6, 6.07) is 2.37. The maximum absolute atomic E-state index is 13.0. The minimum Gasteiger partial charge on any atom is -0.294 e. The van der Waals surface area contributed by atoms with Crippen molar-refractivity contribution in [3.63, 3.8) is 0 Å². The maximum Gasteiger partial charge on any atom is 0.165 e. The van der Waals surface area contributed by atoms with Crippen molar-refractivity contribution < 1.29 is 13.6 Å². The molecule has 4 heteroatoms. The molecule has 0 bridgehead atoms. The molecule has 1 aromatic carbocycles. The van der Waals surface area contributed by atoms with E-state index in [1.807, 2.05) is 0 Å². The van der Waals surface area contributed by atoms with Crippen LogP contribution in [0.15, 0.2) is 12.1 Å². The van der Waals surface area contributed by atoms with Crippen molar-refractivity contribution in [3.05, 3.63) is 32.9 Å². The van der Waals surface area contributed by atoms with Crippen molar-refractivity contribution in [1.82, 2.24) is 0 Å². The van der Waals surface area contributed by atoms with Gasteiger partial charge in [-0.25, -0.2) is 8.78 Å². The van der Waals surface area contributed by atoms with Crippen molar-refractivity contribution >= 4 is 28.4 Å². The van der Waals surface area contributed by atoms with Gasteiger partial charge in [-0.2, -0.15) is 0 Å². The Bertz CT molecular complexity index is 336. The molecule has 0 heterocycles. The molecule has 0 unspecified atom stereocenters. The zero-order valence-corrected chi connectivity index (χ0v) is 8.35. The van der Waals surface area contributed by atoms with E-state index in [2.05, 4.69) is 0 Å². The van der Waals surface area contributed by atoms with Crippen molar-refractivity contribution in [2.24, 2.45) is 0 Å². The summed E-state index contributed by atoms with van der Waals surface area (Å²) < 4.78 is 26.1. The largest absolute Gasteiger partial charge is 0.294 e. The summed E-state index contributed by atoms with van der Waals surface area (Å²) in [5.41, 5.74) is -0.457. The third kappa shape index (κ3) is 1.63. The summed E-state index contributed by atoms with van der Waals surface area (Å²) in [5.74, 6) is -2.17. The van der Waals surface area contributed by atoms with Crippen molar-refractivity contribution in [2.45, 2.75) is 6.92 Å². The first-order valence-electron chi connectivity index (χ1n) is 3.18. The first kappa shape index (κ1) is 9.57. The van der Waals surface area contributed by atoms with Gasteiger partial charge >= 0.3 is 0 Å². The molecule has 64 valence electrons. The standard InChI is InChI=1S/C8H5F2IO/c1-4(12)7-5(9)2-3-6(11)8(7)10/h2-3H,1H3. The molecule has 0 saturated heterocycles. The van der Waals surface area contributed by atoms with Crippen LogP contribution in [0.5, 0.6) is 0 Å². The van der Waals surface area contributed by atoms with Crippen LogP contribution in [-0.2, 0) is 0 Å². The Balaban J connectivity index is 3.43. The van der Waals surface area contributed by atoms with Gasteiger partial charge in [-0.1, -0.05) is 0 Å². The van der Waals surface area contributed by atoms with Gasteiger partial charge in [0.15, 0.2) is 5.78 Å². The molecule has 0 amide bonds. The van der Waals surface area contributed by atoms with Gasteiger partial charge in [0.05, 0.1) is 5.56 Å². The summed E-state index contributed by atoms with van der Waals surface area (Å²) in [4.78, 5) is 10.8. The van der Waals surface area contributed by atoms with Crippen LogP contribution in [0.2, 0.25) is 0 Å². The Kier molecular flexibility index (Phi) is 2.76. The molecular formula is C8H5F2IO. The lowest BCUT2D eigenvalue weighted by molar-refractivity contribution is 0.100. The number of rotatable bonds is 1. The van der Waals surface area contributed by atoms with Crippen molar-refractivity contribution in [3.8, 4) is 0 Å². The molecule has 0 fully saturated rings. The van der Waals surface area contributed by atoms with Crippen LogP contribution in [0.1, 0.15) is 17.3 Å². The highest BCUT2D eigenvalue weighted by Crippen LogP contribution is 2.18. The van der Waals surface area contributed by atoms with E-state index in [4.69, 9.17) is 0 Å². The zero-order valence-electron chi connectivity index (χ0n) is 6.20. The van der Waals surface area contributed by atoms with Crippen LogP contribution < -0.4 is 0 Å². The Morgan fingerprint density at radius 3 is 2.42 bits per heavy atom. The molecule has 0 aliphatic rings. The number of benzene rings is 1. The fraction of sp³-hybridized carbons (Fsp3) is 0.125. The molecule has 0 aromatic heterocycles. The predicted octanol–water partition coefficient (Wildman–Crippen LogP) is 2.77. The fourth-order valence-corrected chi connectivity index (χ4v) is 1.30. The maximum atomic E-state index is 13.0. The summed E-state index contributed by atoms with van der Waals surface area (Å²) in [5, 5.41) is 0. The van der Waals surface area contributed by atoms with E-state index in [9.17, 15) is 13.6 Å². The van der Waals surface area contributed by atoms with Crippen LogP contribution in [0, 0.1) is 15.2 Å². The highest BCUT2D eigenvalue weighted by Gasteiger charge is 2.15. The lowest BCUT2D eigenvalue weighted by atomic mass is 10.1. The van der Waals surface area contributed by atoms with Gasteiger partial charge in [0.2, 0.25) is 0 Å². The molecule has 0 radical (unpaired) electrons. The van der Waals surface area contributed by atoms with Crippen LogP contribution in [-0.4, -0.2) is 5.78 Å². The highest BCUT2D eigenvalue weighted by atomic mass is 127. The number of carbonyl (C=O) groups is 1. The molecule has 1 rings (SSSR count). The second-order valence-corrected chi connectivity index (χ2v) is 3.44. The van der Waals surface area contributed by atoms with Crippen molar-refractivity contribution in [2.75, 3.05) is 0 Å². The lowest BCUT2D eigenvalue weighted by Gasteiger charge is -2.01. The van der Waals surface area contributed by atoms with Gasteiger partial charge in [0.1, 0.15) is 11.6 Å². The van der Waals surface area contributed by atoms with Gasteiger partial charge in [0, 0.05) is 3.57 Å². The van der Waals surface area contributed by atoms with E-state index < -0.39 is 23.0 Å². The van der Waals surface area contributed by atoms with E-state index >= 15 is 0 Å². The quantitative estimate of drug-likeness (QED) is 0.440. The number of hydrogen-bond acceptors (Lipinski definition) is 1. The monoisotopic (exact) mass is 282 g/mol. The molecule has 0 saturated carbocycles. The van der Waals surface area contributed by atoms with Crippen LogP contribution >= 0.6 is 22.6 Å². The molecule has 12 heavy (non-hydrogen) atoms. The van der Waals surface area contributed by atoms with Gasteiger partial charge in [-0.15, -0.1) is 0 Å². The van der Waals surface area contributed by atoms with Crippen LogP contribution in [0.4, 0.5) is 8.78 Å². The molecule has 0 aliphatic carbocycles. The number of Topliss-reactive ketones (excluding diaryl/α,β-unsaturated/α-hetero) is 1. The molecule has 0 aliphatic heterocycles. The fourth-order valence-electron chi connectivity index (χ4n) is 0.850. The molecular weight excluding hydrogens is 277 g/mol. The van der Waals surface area contributed by atoms with Gasteiger partial charge < -0.3 is 0 Å². The molecule has 1 nitrogen and oxygen atoms in total. The average molecular weight is 282 g/mol. The Labute approximate surface area is 81.9 Å². The topological polar surface area (TPSA) is 17.1 Å². The Morgan fingerprint density at radius 1 is 1.42 bits per heavy atom. The van der Waals surface area contributed by atoms with Crippen molar-refractivity contribution in [1.29, 1.82) is 0 Å². The van der Waals surface area contributed by atoms with E-state index in [0.717, 1.165) is 13.0 Å². The molecule has 0 spiro atoms. The molecule has 0 N–H and O–H groups in total. The zero-order chi connectivity index (χ0) is 9.30. The van der Waals surface area contributed by atoms with Crippen LogP contribution in [0.3, 0.4) is 0 Å². The average Bonchev–Trinajstić information content (AvgIpc) is 1.97. The Hall–Kier alpha value is -0.520. The highest BCUT2D eigenvalue weighted by molar-refractivity contribution is 14.1. The van der Waals surface area contributed by atoms with Crippen LogP contribution in [0.25, 0.3) is 0 Å². The van der Waals surface area contributed by atoms with Gasteiger partial charge in [-0.05, 0) is 41.6 Å². The number of halogens is 3. The lowest BCUT2D eigenvalue weighted by Crippen LogP contribution is -2.03. The van der Waals surface area contributed by atoms with E-state index in [0.29, 0.717) is 0 Å². The number of hydrogen-bond donors (Lipinski definition) is 0. The molecule has 0 atom stereocenters. The van der Waals surface area contributed by atoms with Gasteiger partial charge in [-0.3, -0.25) is 4.79 Å². The third-order valence-electron chi connectivity index (χ3n) is 1.40. The number of ketones is 1. The van der Waals surface area contributed by atoms with E-state index in [1.54, 1.807) is 22.6 Å². The second-order valence-electron chi connectivity index (χ2n) is 2.27. The smallest absolute Gasteiger partial charge is 0.165 e. The first-order valence-corrected chi connectivity index (χ1v) is 4.26. The minimum absolute atomic E-state index is 0.249. The van der Waals surface area contributed by atoms with E-state index in [1.165, 1.54) is 6.07 Å². The predicted molar refractivity (Wildman–Crippen MR) is 49.1 cm³/mol. The molecule has 1 aromatic rings.